The normalized spacial score (nSPS) is 12.6. The largest absolute Gasteiger partial charge is 0.496 e. The first-order valence-electron chi connectivity index (χ1n) is 4.63. The number of hydrogen-bond acceptors (Lipinski definition) is 3. The molecule has 1 rings (SSSR count). The molecule has 1 aromatic carbocycles. The molecule has 0 saturated carbocycles. The van der Waals surface area contributed by atoms with Crippen LogP contribution in [-0.2, 0) is 11.3 Å². The molecule has 0 heterocycles. The summed E-state index contributed by atoms with van der Waals surface area (Å²) < 4.78 is 11.2. The molecule has 0 bridgehead atoms. The van der Waals surface area contributed by atoms with E-state index in [0.717, 1.165) is 15.6 Å². The second kappa shape index (κ2) is 5.49. The van der Waals surface area contributed by atoms with E-state index >= 15 is 0 Å². The van der Waals surface area contributed by atoms with E-state index in [-0.39, 0.29) is 0 Å². The second-order valence-corrected chi connectivity index (χ2v) is 4.21. The van der Waals surface area contributed by atoms with Crippen molar-refractivity contribution in [3.05, 3.63) is 27.7 Å². The summed E-state index contributed by atoms with van der Waals surface area (Å²) in [6.45, 7) is 2.17. The highest BCUT2D eigenvalue weighted by molar-refractivity contribution is 9.10. The molecule has 0 aliphatic carbocycles. The maximum atomic E-state index is 9.68. The first kappa shape index (κ1) is 12.5. The van der Waals surface area contributed by atoms with E-state index in [1.807, 2.05) is 12.1 Å². The van der Waals surface area contributed by atoms with Crippen LogP contribution in [0, 0.1) is 0 Å². The minimum atomic E-state index is -0.571. The van der Waals surface area contributed by atoms with Crippen LogP contribution in [-0.4, -0.2) is 19.3 Å². The Bertz CT molecular complexity index is 337. The highest BCUT2D eigenvalue weighted by Crippen LogP contribution is 2.32. The van der Waals surface area contributed by atoms with Crippen molar-refractivity contribution in [1.29, 1.82) is 0 Å². The number of aliphatic hydroxyl groups is 1. The standard InChI is InChI=1S/C11H15BrO3/c1-7(13)11-8(6-14-2)4-9(12)5-10(11)15-3/h4-5,7,13H,6H2,1-3H3. The Kier molecular flexibility index (Phi) is 4.57. The summed E-state index contributed by atoms with van der Waals surface area (Å²) in [5.41, 5.74) is 1.71. The molecular weight excluding hydrogens is 260 g/mol. The number of aliphatic hydroxyl groups excluding tert-OH is 1. The van der Waals surface area contributed by atoms with Gasteiger partial charge in [-0.2, -0.15) is 0 Å². The van der Waals surface area contributed by atoms with Crippen LogP contribution >= 0.6 is 15.9 Å². The quantitative estimate of drug-likeness (QED) is 0.918. The monoisotopic (exact) mass is 274 g/mol. The van der Waals surface area contributed by atoms with Crippen molar-refractivity contribution >= 4 is 15.9 Å². The van der Waals surface area contributed by atoms with Crippen molar-refractivity contribution < 1.29 is 14.6 Å². The van der Waals surface area contributed by atoms with Crippen molar-refractivity contribution in [3.63, 3.8) is 0 Å². The zero-order valence-electron chi connectivity index (χ0n) is 9.08. The molecule has 0 saturated heterocycles. The van der Waals surface area contributed by atoms with Crippen molar-refractivity contribution in [2.45, 2.75) is 19.6 Å². The van der Waals surface area contributed by atoms with Crippen molar-refractivity contribution in [2.75, 3.05) is 14.2 Å². The molecule has 0 aliphatic heterocycles. The van der Waals surface area contributed by atoms with Gasteiger partial charge >= 0.3 is 0 Å². The lowest BCUT2D eigenvalue weighted by Crippen LogP contribution is -2.03. The topological polar surface area (TPSA) is 38.7 Å². The van der Waals surface area contributed by atoms with Gasteiger partial charge in [-0.15, -0.1) is 0 Å². The van der Waals surface area contributed by atoms with Gasteiger partial charge in [0.1, 0.15) is 5.75 Å². The zero-order chi connectivity index (χ0) is 11.4. The number of methoxy groups -OCH3 is 2. The lowest BCUT2D eigenvalue weighted by molar-refractivity contribution is 0.168. The summed E-state index contributed by atoms with van der Waals surface area (Å²) in [6, 6.07) is 3.76. The first-order chi connectivity index (χ1) is 7.10. The number of halogens is 1. The minimum Gasteiger partial charge on any atom is -0.496 e. The third-order valence-corrected chi connectivity index (χ3v) is 2.59. The summed E-state index contributed by atoms with van der Waals surface area (Å²) in [5.74, 6) is 0.673. The molecule has 4 heteroatoms. The fourth-order valence-corrected chi connectivity index (χ4v) is 2.05. The van der Waals surface area contributed by atoms with Gasteiger partial charge in [-0.1, -0.05) is 15.9 Å². The average Bonchev–Trinajstić information content (AvgIpc) is 2.16. The van der Waals surface area contributed by atoms with E-state index in [0.29, 0.717) is 12.4 Å². The van der Waals surface area contributed by atoms with E-state index < -0.39 is 6.10 Å². The molecular formula is C11H15BrO3. The van der Waals surface area contributed by atoms with Crippen LogP contribution in [0.5, 0.6) is 5.75 Å². The highest BCUT2D eigenvalue weighted by Gasteiger charge is 2.15. The minimum absolute atomic E-state index is 0.454. The maximum absolute atomic E-state index is 9.68. The van der Waals surface area contributed by atoms with Gasteiger partial charge in [-0.05, 0) is 24.6 Å². The number of hydrogen-bond donors (Lipinski definition) is 1. The van der Waals surface area contributed by atoms with Crippen LogP contribution in [0.4, 0.5) is 0 Å². The Morgan fingerprint density at radius 3 is 2.53 bits per heavy atom. The van der Waals surface area contributed by atoms with Gasteiger partial charge in [0.05, 0.1) is 19.8 Å². The van der Waals surface area contributed by atoms with E-state index in [2.05, 4.69) is 15.9 Å². The fraction of sp³-hybridized carbons (Fsp3) is 0.455. The predicted octanol–water partition coefficient (Wildman–Crippen LogP) is 2.66. The van der Waals surface area contributed by atoms with Gasteiger partial charge in [0.15, 0.2) is 0 Å². The van der Waals surface area contributed by atoms with Crippen molar-refractivity contribution in [1.82, 2.24) is 0 Å². The first-order valence-corrected chi connectivity index (χ1v) is 5.42. The Balaban J connectivity index is 3.26. The molecule has 3 nitrogen and oxygen atoms in total. The van der Waals surface area contributed by atoms with Crippen molar-refractivity contribution in [3.8, 4) is 5.75 Å². The summed E-state index contributed by atoms with van der Waals surface area (Å²) in [6.07, 6.45) is -0.571. The lowest BCUT2D eigenvalue weighted by atomic mass is 10.0. The summed E-state index contributed by atoms with van der Waals surface area (Å²) >= 11 is 3.39. The molecule has 0 aromatic heterocycles. The van der Waals surface area contributed by atoms with Crippen LogP contribution in [0.3, 0.4) is 0 Å². The lowest BCUT2D eigenvalue weighted by Gasteiger charge is -2.16. The van der Waals surface area contributed by atoms with Gasteiger partial charge in [0.25, 0.3) is 0 Å². The molecule has 1 unspecified atom stereocenters. The Morgan fingerprint density at radius 2 is 2.07 bits per heavy atom. The van der Waals surface area contributed by atoms with Gasteiger partial charge < -0.3 is 14.6 Å². The van der Waals surface area contributed by atoms with E-state index in [1.54, 1.807) is 21.1 Å². The summed E-state index contributed by atoms with van der Waals surface area (Å²) in [5, 5.41) is 9.68. The number of rotatable bonds is 4. The van der Waals surface area contributed by atoms with E-state index in [1.165, 1.54) is 0 Å². The second-order valence-electron chi connectivity index (χ2n) is 3.29. The maximum Gasteiger partial charge on any atom is 0.126 e. The smallest absolute Gasteiger partial charge is 0.126 e. The Morgan fingerprint density at radius 1 is 1.40 bits per heavy atom. The molecule has 0 aliphatic rings. The molecule has 1 N–H and O–H groups in total. The van der Waals surface area contributed by atoms with Crippen LogP contribution in [0.2, 0.25) is 0 Å². The zero-order valence-corrected chi connectivity index (χ0v) is 10.7. The Labute approximate surface area is 98.1 Å². The molecule has 0 spiro atoms. The molecule has 0 amide bonds. The van der Waals surface area contributed by atoms with Crippen LogP contribution in [0.15, 0.2) is 16.6 Å². The SMILES string of the molecule is COCc1cc(Br)cc(OC)c1C(C)O. The van der Waals surface area contributed by atoms with Crippen LogP contribution < -0.4 is 4.74 Å². The highest BCUT2D eigenvalue weighted by atomic mass is 79.9. The van der Waals surface area contributed by atoms with E-state index in [4.69, 9.17) is 9.47 Å². The van der Waals surface area contributed by atoms with Crippen molar-refractivity contribution in [2.24, 2.45) is 0 Å². The summed E-state index contributed by atoms with van der Waals surface area (Å²) in [7, 11) is 3.21. The predicted molar refractivity (Wildman–Crippen MR) is 62.0 cm³/mol. The molecule has 1 atom stereocenters. The van der Waals surface area contributed by atoms with Gasteiger partial charge in [0, 0.05) is 17.1 Å². The van der Waals surface area contributed by atoms with E-state index in [9.17, 15) is 5.11 Å². The fourth-order valence-electron chi connectivity index (χ4n) is 1.57. The van der Waals surface area contributed by atoms with Gasteiger partial charge in [-0.3, -0.25) is 0 Å². The molecule has 15 heavy (non-hydrogen) atoms. The van der Waals surface area contributed by atoms with Gasteiger partial charge in [-0.25, -0.2) is 0 Å². The molecule has 84 valence electrons. The van der Waals surface area contributed by atoms with Gasteiger partial charge in [0.2, 0.25) is 0 Å². The molecule has 0 radical (unpaired) electrons. The number of benzene rings is 1. The third kappa shape index (κ3) is 2.93. The average molecular weight is 275 g/mol. The number of ether oxygens (including phenoxy) is 2. The summed E-state index contributed by atoms with van der Waals surface area (Å²) in [4.78, 5) is 0. The molecule has 1 aromatic rings. The van der Waals surface area contributed by atoms with Crippen LogP contribution in [0.25, 0.3) is 0 Å². The molecule has 0 fully saturated rings. The Hall–Kier alpha value is -0.580. The third-order valence-electron chi connectivity index (χ3n) is 2.13. The van der Waals surface area contributed by atoms with Crippen LogP contribution in [0.1, 0.15) is 24.2 Å².